The zero-order valence-electron chi connectivity index (χ0n) is 7.46. The first-order valence-electron chi connectivity index (χ1n) is 3.77. The molecule has 0 bridgehead atoms. The Morgan fingerprint density at radius 1 is 1.18 bits per heavy atom. The summed E-state index contributed by atoms with van der Waals surface area (Å²) in [5.74, 6) is -0.0698. The monoisotopic (exact) mass is 168 g/mol. The summed E-state index contributed by atoms with van der Waals surface area (Å²) in [5.41, 5.74) is 3.03. The first kappa shape index (κ1) is 8.46. The van der Waals surface area contributed by atoms with Crippen LogP contribution in [0.5, 0.6) is 0 Å². The first-order chi connectivity index (χ1) is 5.04. The second-order valence-corrected chi connectivity index (χ2v) is 4.05. The summed E-state index contributed by atoms with van der Waals surface area (Å²) in [7, 11) is 1.01. The highest BCUT2D eigenvalue weighted by atomic mass is 28.1. The summed E-state index contributed by atoms with van der Waals surface area (Å²) in [6.45, 7) is 5.80. The van der Waals surface area contributed by atoms with Gasteiger partial charge in [0.2, 0.25) is 0 Å². The van der Waals surface area contributed by atoms with Gasteiger partial charge in [-0.1, -0.05) is 5.19 Å². The maximum absolute atomic E-state index is 13.0. The first-order valence-corrected chi connectivity index (χ1v) is 4.77. The molecule has 0 aliphatic heterocycles. The van der Waals surface area contributed by atoms with Crippen LogP contribution in [0, 0.1) is 26.6 Å². The second kappa shape index (κ2) is 2.78. The van der Waals surface area contributed by atoms with Crippen molar-refractivity contribution in [2.75, 3.05) is 0 Å². The zero-order valence-corrected chi connectivity index (χ0v) is 9.46. The zero-order chi connectivity index (χ0) is 8.59. The molecule has 0 aromatic heterocycles. The molecule has 0 fully saturated rings. The molecular formula is C9H13FSi. The Labute approximate surface area is 69.9 Å². The van der Waals surface area contributed by atoms with E-state index >= 15 is 0 Å². The molecule has 0 aliphatic carbocycles. The summed E-state index contributed by atoms with van der Waals surface area (Å²) in [6.07, 6.45) is 0. The maximum atomic E-state index is 13.0. The van der Waals surface area contributed by atoms with Gasteiger partial charge in [-0.05, 0) is 43.5 Å². The van der Waals surface area contributed by atoms with Crippen LogP contribution in [0.15, 0.2) is 6.07 Å². The van der Waals surface area contributed by atoms with Gasteiger partial charge in [0.15, 0.2) is 0 Å². The van der Waals surface area contributed by atoms with Crippen molar-refractivity contribution in [1.82, 2.24) is 0 Å². The van der Waals surface area contributed by atoms with Crippen molar-refractivity contribution in [1.29, 1.82) is 0 Å². The lowest BCUT2D eigenvalue weighted by Gasteiger charge is -2.08. The van der Waals surface area contributed by atoms with E-state index in [1.165, 1.54) is 5.19 Å². The highest BCUT2D eigenvalue weighted by molar-refractivity contribution is 6.34. The molecule has 11 heavy (non-hydrogen) atoms. The topological polar surface area (TPSA) is 0 Å². The molecule has 0 unspecified atom stereocenters. The fourth-order valence-corrected chi connectivity index (χ4v) is 1.68. The molecule has 0 nitrogen and oxygen atoms in total. The van der Waals surface area contributed by atoms with E-state index in [0.717, 1.165) is 26.9 Å². The number of halogens is 1. The fourth-order valence-electron chi connectivity index (χ4n) is 1.16. The number of rotatable bonds is 0. The fraction of sp³-hybridized carbons (Fsp3) is 0.333. The van der Waals surface area contributed by atoms with Gasteiger partial charge < -0.3 is 0 Å². The molecule has 0 saturated heterocycles. The van der Waals surface area contributed by atoms with Crippen LogP contribution in [-0.2, 0) is 0 Å². The molecule has 1 aromatic carbocycles. The lowest BCUT2D eigenvalue weighted by Crippen LogP contribution is -2.14. The SMILES string of the molecule is Cc1cc(F)c(C)c(C)c1[SiH3]. The summed E-state index contributed by atoms with van der Waals surface area (Å²) in [4.78, 5) is 0. The van der Waals surface area contributed by atoms with Gasteiger partial charge in [-0.3, -0.25) is 0 Å². The summed E-state index contributed by atoms with van der Waals surface area (Å²) >= 11 is 0. The van der Waals surface area contributed by atoms with Crippen molar-refractivity contribution in [3.05, 3.63) is 28.6 Å². The van der Waals surface area contributed by atoms with E-state index in [9.17, 15) is 4.39 Å². The Bertz CT molecular complexity index is 266. The van der Waals surface area contributed by atoms with Crippen LogP contribution in [0.25, 0.3) is 0 Å². The molecule has 0 atom stereocenters. The summed E-state index contributed by atoms with van der Waals surface area (Å²) in [5, 5.41) is 1.34. The van der Waals surface area contributed by atoms with Crippen molar-refractivity contribution < 1.29 is 4.39 Å². The van der Waals surface area contributed by atoms with Crippen LogP contribution >= 0.6 is 0 Å². The van der Waals surface area contributed by atoms with E-state index < -0.39 is 0 Å². The summed E-state index contributed by atoms with van der Waals surface area (Å²) in [6, 6.07) is 1.63. The number of hydrogen-bond acceptors (Lipinski definition) is 0. The third kappa shape index (κ3) is 1.36. The van der Waals surface area contributed by atoms with Gasteiger partial charge in [0.1, 0.15) is 5.82 Å². The highest BCUT2D eigenvalue weighted by Crippen LogP contribution is 2.10. The molecule has 0 spiro atoms. The minimum atomic E-state index is -0.0698. The molecule has 0 heterocycles. The molecular weight excluding hydrogens is 155 g/mol. The van der Waals surface area contributed by atoms with Crippen LogP contribution in [0.2, 0.25) is 0 Å². The van der Waals surface area contributed by atoms with E-state index in [1.54, 1.807) is 6.07 Å². The van der Waals surface area contributed by atoms with Gasteiger partial charge >= 0.3 is 0 Å². The lowest BCUT2D eigenvalue weighted by molar-refractivity contribution is 0.616. The number of benzene rings is 1. The van der Waals surface area contributed by atoms with Gasteiger partial charge in [0, 0.05) is 10.2 Å². The Kier molecular flexibility index (Phi) is 2.14. The number of hydrogen-bond donors (Lipinski definition) is 0. The van der Waals surface area contributed by atoms with Crippen molar-refractivity contribution in [3.8, 4) is 0 Å². The van der Waals surface area contributed by atoms with Crippen molar-refractivity contribution >= 4 is 15.4 Å². The summed E-state index contributed by atoms with van der Waals surface area (Å²) < 4.78 is 13.0. The predicted octanol–water partition coefficient (Wildman–Crippen LogP) is 0.742. The van der Waals surface area contributed by atoms with Gasteiger partial charge in [-0.25, -0.2) is 4.39 Å². The Morgan fingerprint density at radius 2 is 1.73 bits per heavy atom. The van der Waals surface area contributed by atoms with Crippen LogP contribution in [0.4, 0.5) is 4.39 Å². The van der Waals surface area contributed by atoms with Crippen molar-refractivity contribution in [3.63, 3.8) is 0 Å². The molecule has 0 amide bonds. The average Bonchev–Trinajstić information content (AvgIpc) is 1.97. The lowest BCUT2D eigenvalue weighted by atomic mass is 10.1. The predicted molar refractivity (Wildman–Crippen MR) is 50.2 cm³/mol. The molecule has 1 rings (SSSR count). The van der Waals surface area contributed by atoms with Crippen LogP contribution in [-0.4, -0.2) is 10.2 Å². The van der Waals surface area contributed by atoms with Crippen molar-refractivity contribution in [2.45, 2.75) is 20.8 Å². The normalized spacial score (nSPS) is 10.5. The molecule has 0 saturated carbocycles. The highest BCUT2D eigenvalue weighted by Gasteiger charge is 2.04. The van der Waals surface area contributed by atoms with Crippen molar-refractivity contribution in [2.24, 2.45) is 0 Å². The second-order valence-electron chi connectivity index (χ2n) is 3.05. The Hall–Kier alpha value is -0.633. The molecule has 60 valence electrons. The standard InChI is InChI=1S/C9H13FSi/c1-5-4-8(10)6(2)7(3)9(5)11/h4H,1-3,11H3. The quantitative estimate of drug-likeness (QED) is 0.501. The number of aryl methyl sites for hydroxylation is 1. The van der Waals surface area contributed by atoms with Crippen LogP contribution in [0.1, 0.15) is 16.7 Å². The molecule has 0 aliphatic rings. The van der Waals surface area contributed by atoms with E-state index in [0.29, 0.717) is 0 Å². The maximum Gasteiger partial charge on any atom is 0.126 e. The molecule has 0 N–H and O–H groups in total. The molecule has 1 aromatic rings. The Morgan fingerprint density at radius 3 is 2.27 bits per heavy atom. The van der Waals surface area contributed by atoms with Gasteiger partial charge in [0.25, 0.3) is 0 Å². The van der Waals surface area contributed by atoms with E-state index in [4.69, 9.17) is 0 Å². The average molecular weight is 168 g/mol. The van der Waals surface area contributed by atoms with E-state index in [2.05, 4.69) is 0 Å². The van der Waals surface area contributed by atoms with Gasteiger partial charge in [-0.15, -0.1) is 0 Å². The largest absolute Gasteiger partial charge is 0.207 e. The molecule has 2 heteroatoms. The third-order valence-electron chi connectivity index (χ3n) is 2.42. The molecule has 0 radical (unpaired) electrons. The van der Waals surface area contributed by atoms with E-state index in [1.807, 2.05) is 20.8 Å². The minimum Gasteiger partial charge on any atom is -0.207 e. The van der Waals surface area contributed by atoms with Gasteiger partial charge in [0.05, 0.1) is 0 Å². The third-order valence-corrected chi connectivity index (χ3v) is 3.96. The van der Waals surface area contributed by atoms with Crippen LogP contribution < -0.4 is 5.19 Å². The minimum absolute atomic E-state index is 0.0698. The van der Waals surface area contributed by atoms with E-state index in [-0.39, 0.29) is 5.82 Å². The Balaban J connectivity index is 3.46. The smallest absolute Gasteiger partial charge is 0.126 e. The van der Waals surface area contributed by atoms with Gasteiger partial charge in [-0.2, -0.15) is 0 Å². The van der Waals surface area contributed by atoms with Crippen LogP contribution in [0.3, 0.4) is 0 Å².